The van der Waals surface area contributed by atoms with Gasteiger partial charge in [0.05, 0.1) is 6.10 Å². The average Bonchev–Trinajstić information content (AvgIpc) is 2.54. The summed E-state index contributed by atoms with van der Waals surface area (Å²) in [5, 5.41) is 5.40. The highest BCUT2D eigenvalue weighted by Gasteiger charge is 2.23. The Morgan fingerprint density at radius 2 is 1.81 bits per heavy atom. The van der Waals surface area contributed by atoms with Gasteiger partial charge < -0.3 is 4.74 Å². The van der Waals surface area contributed by atoms with E-state index in [0.717, 1.165) is 13.0 Å². The summed E-state index contributed by atoms with van der Waals surface area (Å²) in [4.78, 5) is 0. The Labute approximate surface area is 125 Å². The Balaban J connectivity index is 2.04. The van der Waals surface area contributed by atoms with E-state index in [0.29, 0.717) is 0 Å². The Morgan fingerprint density at radius 1 is 0.952 bits per heavy atom. The molecule has 0 aromatic heterocycles. The van der Waals surface area contributed by atoms with Crippen molar-refractivity contribution in [3.05, 3.63) is 59.7 Å². The predicted octanol–water partition coefficient (Wildman–Crippen LogP) is 5.41. The summed E-state index contributed by atoms with van der Waals surface area (Å²) in [6.07, 6.45) is 3.83. The van der Waals surface area contributed by atoms with Crippen LogP contribution in [0.1, 0.15) is 37.0 Å². The van der Waals surface area contributed by atoms with Gasteiger partial charge in [-0.25, -0.2) is 0 Å². The fourth-order valence-corrected chi connectivity index (χ4v) is 3.75. The molecule has 106 valence electrons. The summed E-state index contributed by atoms with van der Waals surface area (Å²) < 4.78 is 6.03. The van der Waals surface area contributed by atoms with Crippen molar-refractivity contribution in [2.75, 3.05) is 6.61 Å². The molecular weight excluding hydrogens is 256 g/mol. The highest BCUT2D eigenvalue weighted by Crippen LogP contribution is 2.39. The lowest BCUT2D eigenvalue weighted by Gasteiger charge is -2.27. The summed E-state index contributed by atoms with van der Waals surface area (Å²) in [6.45, 7) is 2.88. The van der Waals surface area contributed by atoms with Crippen LogP contribution in [-0.2, 0) is 11.2 Å². The Bertz CT molecular complexity index is 803. The molecule has 0 spiro atoms. The van der Waals surface area contributed by atoms with Crippen LogP contribution in [-0.4, -0.2) is 6.61 Å². The average molecular weight is 276 g/mol. The molecule has 3 aromatic carbocycles. The molecule has 4 rings (SSSR count). The van der Waals surface area contributed by atoms with Gasteiger partial charge in [0.1, 0.15) is 0 Å². The lowest BCUT2D eigenvalue weighted by Crippen LogP contribution is -2.13. The zero-order valence-electron chi connectivity index (χ0n) is 12.4. The van der Waals surface area contributed by atoms with Gasteiger partial charge in [0.2, 0.25) is 0 Å². The van der Waals surface area contributed by atoms with Crippen LogP contribution in [0.5, 0.6) is 0 Å². The van der Waals surface area contributed by atoms with Gasteiger partial charge in [-0.05, 0) is 58.9 Å². The summed E-state index contributed by atoms with van der Waals surface area (Å²) in [5.74, 6) is 0. The molecule has 1 heteroatoms. The molecule has 1 atom stereocenters. The second-order valence-electron chi connectivity index (χ2n) is 5.86. The van der Waals surface area contributed by atoms with Crippen molar-refractivity contribution < 1.29 is 4.74 Å². The normalized spacial score (nSPS) is 18.0. The summed E-state index contributed by atoms with van der Waals surface area (Å²) in [5.41, 5.74) is 2.91. The fourth-order valence-electron chi connectivity index (χ4n) is 3.75. The number of fused-ring (bicyclic) bond motifs is 5. The predicted molar refractivity (Wildman–Crippen MR) is 88.8 cm³/mol. The van der Waals surface area contributed by atoms with Crippen LogP contribution in [0.15, 0.2) is 48.5 Å². The van der Waals surface area contributed by atoms with E-state index in [1.807, 2.05) is 0 Å². The maximum Gasteiger partial charge on any atom is 0.0833 e. The monoisotopic (exact) mass is 276 g/mol. The van der Waals surface area contributed by atoms with Gasteiger partial charge in [-0.15, -0.1) is 0 Å². The first-order chi connectivity index (χ1) is 10.4. The molecule has 0 heterocycles. The van der Waals surface area contributed by atoms with Crippen molar-refractivity contribution in [3.63, 3.8) is 0 Å². The molecule has 0 bridgehead atoms. The van der Waals surface area contributed by atoms with Crippen LogP contribution in [0.4, 0.5) is 0 Å². The van der Waals surface area contributed by atoms with Crippen LogP contribution >= 0.6 is 0 Å². The summed E-state index contributed by atoms with van der Waals surface area (Å²) >= 11 is 0. The lowest BCUT2D eigenvalue weighted by atomic mass is 9.84. The molecular formula is C20H20O. The van der Waals surface area contributed by atoms with Gasteiger partial charge in [0.15, 0.2) is 0 Å². The third-order valence-electron chi connectivity index (χ3n) is 4.66. The number of aryl methyl sites for hydroxylation is 1. The Morgan fingerprint density at radius 3 is 2.71 bits per heavy atom. The zero-order valence-corrected chi connectivity index (χ0v) is 12.4. The van der Waals surface area contributed by atoms with Gasteiger partial charge >= 0.3 is 0 Å². The highest BCUT2D eigenvalue weighted by molar-refractivity contribution is 6.08. The van der Waals surface area contributed by atoms with E-state index < -0.39 is 0 Å². The second-order valence-corrected chi connectivity index (χ2v) is 5.86. The molecule has 1 unspecified atom stereocenters. The molecule has 0 saturated carbocycles. The maximum absolute atomic E-state index is 6.03. The van der Waals surface area contributed by atoms with Gasteiger partial charge in [-0.3, -0.25) is 0 Å². The number of hydrogen-bond acceptors (Lipinski definition) is 1. The first kappa shape index (κ1) is 12.8. The van der Waals surface area contributed by atoms with Crippen LogP contribution in [0, 0.1) is 0 Å². The largest absolute Gasteiger partial charge is 0.374 e. The topological polar surface area (TPSA) is 9.23 Å². The number of hydrogen-bond donors (Lipinski definition) is 0. The first-order valence-corrected chi connectivity index (χ1v) is 7.93. The van der Waals surface area contributed by atoms with E-state index in [2.05, 4.69) is 55.5 Å². The molecule has 0 amide bonds. The van der Waals surface area contributed by atoms with Crippen LogP contribution in [0.2, 0.25) is 0 Å². The number of ether oxygens (including phenoxy) is 1. The van der Waals surface area contributed by atoms with Gasteiger partial charge in [0, 0.05) is 6.61 Å². The van der Waals surface area contributed by atoms with Crippen molar-refractivity contribution in [1.29, 1.82) is 0 Å². The standard InChI is InChI=1S/C20H20O/c1-2-21-19-9-5-7-15-11-12-17-16-8-4-3-6-14(16)10-13-18(17)20(15)19/h3-4,6,8,10-13,19H,2,5,7,9H2,1H3. The lowest BCUT2D eigenvalue weighted by molar-refractivity contribution is 0.0511. The molecule has 1 nitrogen and oxygen atoms in total. The van der Waals surface area contributed by atoms with E-state index in [1.54, 1.807) is 0 Å². The molecule has 0 N–H and O–H groups in total. The third kappa shape index (κ3) is 2.04. The van der Waals surface area contributed by atoms with Crippen molar-refractivity contribution in [3.8, 4) is 0 Å². The summed E-state index contributed by atoms with van der Waals surface area (Å²) in [7, 11) is 0. The second kappa shape index (κ2) is 5.16. The molecule has 3 aromatic rings. The molecule has 1 aliphatic rings. The van der Waals surface area contributed by atoms with Crippen molar-refractivity contribution in [2.45, 2.75) is 32.3 Å². The van der Waals surface area contributed by atoms with Crippen LogP contribution in [0.25, 0.3) is 21.5 Å². The van der Waals surface area contributed by atoms with Crippen LogP contribution < -0.4 is 0 Å². The minimum absolute atomic E-state index is 0.267. The van der Waals surface area contributed by atoms with Crippen molar-refractivity contribution in [2.24, 2.45) is 0 Å². The van der Waals surface area contributed by atoms with E-state index >= 15 is 0 Å². The third-order valence-corrected chi connectivity index (χ3v) is 4.66. The first-order valence-electron chi connectivity index (χ1n) is 7.93. The zero-order chi connectivity index (χ0) is 14.2. The molecule has 0 saturated heterocycles. The fraction of sp³-hybridized carbons (Fsp3) is 0.300. The highest BCUT2D eigenvalue weighted by atomic mass is 16.5. The van der Waals surface area contributed by atoms with Crippen molar-refractivity contribution >= 4 is 21.5 Å². The number of benzene rings is 3. The molecule has 21 heavy (non-hydrogen) atoms. The minimum Gasteiger partial charge on any atom is -0.374 e. The van der Waals surface area contributed by atoms with Gasteiger partial charge in [-0.1, -0.05) is 48.5 Å². The van der Waals surface area contributed by atoms with E-state index in [9.17, 15) is 0 Å². The van der Waals surface area contributed by atoms with E-state index in [-0.39, 0.29) is 6.10 Å². The quantitative estimate of drug-likeness (QED) is 0.569. The Kier molecular flexibility index (Phi) is 3.16. The minimum atomic E-state index is 0.267. The smallest absolute Gasteiger partial charge is 0.0833 e. The van der Waals surface area contributed by atoms with Crippen molar-refractivity contribution in [1.82, 2.24) is 0 Å². The molecule has 1 aliphatic carbocycles. The molecule has 0 fully saturated rings. The molecule has 0 aliphatic heterocycles. The maximum atomic E-state index is 6.03. The van der Waals surface area contributed by atoms with Crippen LogP contribution in [0.3, 0.4) is 0 Å². The number of rotatable bonds is 2. The summed E-state index contributed by atoms with van der Waals surface area (Å²) in [6, 6.07) is 17.8. The van der Waals surface area contributed by atoms with E-state index in [1.165, 1.54) is 45.5 Å². The Hall–Kier alpha value is -1.86. The van der Waals surface area contributed by atoms with Gasteiger partial charge in [0.25, 0.3) is 0 Å². The SMILES string of the molecule is CCOC1CCCc2ccc3c(ccc4ccccc43)c21. The van der Waals surface area contributed by atoms with E-state index in [4.69, 9.17) is 4.74 Å². The van der Waals surface area contributed by atoms with Gasteiger partial charge in [-0.2, -0.15) is 0 Å². The molecule has 0 radical (unpaired) electrons.